The summed E-state index contributed by atoms with van der Waals surface area (Å²) in [6.07, 6.45) is 1.44. The Labute approximate surface area is 125 Å². The van der Waals surface area contributed by atoms with E-state index in [1.165, 1.54) is 12.1 Å². The molecule has 0 radical (unpaired) electrons. The SMILES string of the molecule is O=[N+]([O-])c1ccc2sc(S(=O)(=O)[C@@H]3CCCNC3)nc2c1. The molecular formula is C12H13N3O4S2. The third-order valence-electron chi connectivity index (χ3n) is 3.50. The molecule has 2 aromatic rings. The largest absolute Gasteiger partial charge is 0.315 e. The molecule has 7 nitrogen and oxygen atoms in total. The van der Waals surface area contributed by atoms with Gasteiger partial charge in [0, 0.05) is 18.7 Å². The van der Waals surface area contributed by atoms with E-state index >= 15 is 0 Å². The van der Waals surface area contributed by atoms with Crippen molar-refractivity contribution >= 4 is 37.1 Å². The lowest BCUT2D eigenvalue weighted by molar-refractivity contribution is -0.384. The highest BCUT2D eigenvalue weighted by atomic mass is 32.2. The van der Waals surface area contributed by atoms with Gasteiger partial charge in [-0.25, -0.2) is 13.4 Å². The molecule has 2 heterocycles. The second-order valence-corrected chi connectivity index (χ2v) is 8.33. The Morgan fingerprint density at radius 1 is 1.43 bits per heavy atom. The third kappa shape index (κ3) is 2.63. The Hall–Kier alpha value is -1.58. The van der Waals surface area contributed by atoms with Crippen LogP contribution in [0.3, 0.4) is 0 Å². The molecule has 1 fully saturated rings. The number of thiazole rings is 1. The molecule has 0 unspecified atom stereocenters. The summed E-state index contributed by atoms with van der Waals surface area (Å²) in [4.78, 5) is 14.3. The first-order valence-electron chi connectivity index (χ1n) is 6.48. The molecule has 0 amide bonds. The van der Waals surface area contributed by atoms with E-state index < -0.39 is 20.0 Å². The summed E-state index contributed by atoms with van der Waals surface area (Å²) >= 11 is 1.07. The van der Waals surface area contributed by atoms with Crippen LogP contribution in [0.25, 0.3) is 10.2 Å². The number of nitro groups is 1. The van der Waals surface area contributed by atoms with Crippen LogP contribution in [0, 0.1) is 10.1 Å². The summed E-state index contributed by atoms with van der Waals surface area (Å²) in [5, 5.41) is 13.4. The monoisotopic (exact) mass is 327 g/mol. The van der Waals surface area contributed by atoms with Crippen molar-refractivity contribution in [2.75, 3.05) is 13.1 Å². The first-order chi connectivity index (χ1) is 9.98. The summed E-state index contributed by atoms with van der Waals surface area (Å²) in [6.45, 7) is 1.26. The van der Waals surface area contributed by atoms with Crippen molar-refractivity contribution in [2.45, 2.75) is 22.4 Å². The van der Waals surface area contributed by atoms with Gasteiger partial charge >= 0.3 is 0 Å². The molecule has 1 aliphatic rings. The van der Waals surface area contributed by atoms with Crippen molar-refractivity contribution in [3.05, 3.63) is 28.3 Å². The zero-order chi connectivity index (χ0) is 15.0. The van der Waals surface area contributed by atoms with Gasteiger partial charge in [-0.15, -0.1) is 11.3 Å². The molecule has 1 aromatic heterocycles. The fraction of sp³-hybridized carbons (Fsp3) is 0.417. The minimum absolute atomic E-state index is 0.0479. The molecule has 0 bridgehead atoms. The first-order valence-corrected chi connectivity index (χ1v) is 8.84. The Morgan fingerprint density at radius 3 is 2.90 bits per heavy atom. The van der Waals surface area contributed by atoms with Gasteiger partial charge < -0.3 is 5.32 Å². The highest BCUT2D eigenvalue weighted by molar-refractivity contribution is 7.94. The van der Waals surface area contributed by atoms with Crippen molar-refractivity contribution in [1.82, 2.24) is 10.3 Å². The van der Waals surface area contributed by atoms with Gasteiger partial charge in [0.2, 0.25) is 14.2 Å². The molecule has 1 aliphatic heterocycles. The molecule has 1 N–H and O–H groups in total. The van der Waals surface area contributed by atoms with Crippen LogP contribution in [0.2, 0.25) is 0 Å². The standard InChI is InChI=1S/C12H13N3O4S2/c16-15(17)8-3-4-11-10(6-8)14-12(20-11)21(18,19)9-2-1-5-13-7-9/h3-4,6,9,13H,1-2,5,7H2/t9-/m1/s1. The predicted molar refractivity (Wildman–Crippen MR) is 79.4 cm³/mol. The van der Waals surface area contributed by atoms with Crippen LogP contribution >= 0.6 is 11.3 Å². The van der Waals surface area contributed by atoms with Crippen LogP contribution in [0.5, 0.6) is 0 Å². The second-order valence-electron chi connectivity index (χ2n) is 4.90. The highest BCUT2D eigenvalue weighted by Crippen LogP contribution is 2.31. The van der Waals surface area contributed by atoms with E-state index in [1.54, 1.807) is 6.07 Å². The van der Waals surface area contributed by atoms with Gasteiger partial charge in [-0.3, -0.25) is 10.1 Å². The number of nitrogens with zero attached hydrogens (tertiary/aromatic N) is 2. The van der Waals surface area contributed by atoms with Crippen LogP contribution in [-0.4, -0.2) is 36.7 Å². The number of benzene rings is 1. The Bertz CT molecular complexity index is 794. The average molecular weight is 327 g/mol. The van der Waals surface area contributed by atoms with Gasteiger partial charge in [-0.05, 0) is 25.5 Å². The van der Waals surface area contributed by atoms with Crippen molar-refractivity contribution in [2.24, 2.45) is 0 Å². The Kier molecular flexibility index (Phi) is 3.64. The number of hydrogen-bond acceptors (Lipinski definition) is 7. The minimum atomic E-state index is -3.48. The van der Waals surface area contributed by atoms with E-state index in [2.05, 4.69) is 10.3 Å². The normalized spacial score (nSPS) is 19.7. The number of non-ortho nitro benzene ring substituents is 1. The van der Waals surface area contributed by atoms with Crippen molar-refractivity contribution in [3.8, 4) is 0 Å². The average Bonchev–Trinajstić information content (AvgIpc) is 2.91. The van der Waals surface area contributed by atoms with E-state index in [0.29, 0.717) is 23.2 Å². The number of rotatable bonds is 3. The zero-order valence-electron chi connectivity index (χ0n) is 11.0. The van der Waals surface area contributed by atoms with Gasteiger partial charge in [0.05, 0.1) is 20.4 Å². The maximum Gasteiger partial charge on any atom is 0.271 e. The van der Waals surface area contributed by atoms with Crippen molar-refractivity contribution < 1.29 is 13.3 Å². The number of fused-ring (bicyclic) bond motifs is 1. The molecule has 1 atom stereocenters. The van der Waals surface area contributed by atoms with Gasteiger partial charge in [0.15, 0.2) is 0 Å². The number of nitro benzene ring substituents is 1. The summed E-state index contributed by atoms with van der Waals surface area (Å²) in [6, 6.07) is 4.21. The molecule has 0 spiro atoms. The number of nitrogens with one attached hydrogen (secondary N) is 1. The molecule has 3 rings (SSSR count). The third-order valence-corrected chi connectivity index (χ3v) is 7.13. The summed E-state index contributed by atoms with van der Waals surface area (Å²) in [5.41, 5.74) is 0.271. The molecular weight excluding hydrogens is 314 g/mol. The Morgan fingerprint density at radius 2 is 2.24 bits per heavy atom. The first kappa shape index (κ1) is 14.4. The topological polar surface area (TPSA) is 102 Å². The van der Waals surface area contributed by atoms with Gasteiger partial charge in [0.25, 0.3) is 5.69 Å². The highest BCUT2D eigenvalue weighted by Gasteiger charge is 2.31. The van der Waals surface area contributed by atoms with Gasteiger partial charge in [-0.1, -0.05) is 0 Å². The van der Waals surface area contributed by atoms with Crippen LogP contribution < -0.4 is 5.32 Å². The molecule has 0 aliphatic carbocycles. The van der Waals surface area contributed by atoms with Crippen molar-refractivity contribution in [1.29, 1.82) is 0 Å². The molecule has 1 aromatic carbocycles. The lowest BCUT2D eigenvalue weighted by Crippen LogP contribution is -2.38. The fourth-order valence-electron chi connectivity index (χ4n) is 2.36. The van der Waals surface area contributed by atoms with Gasteiger partial charge in [-0.2, -0.15) is 0 Å². The number of aromatic nitrogens is 1. The van der Waals surface area contributed by atoms with Crippen LogP contribution in [-0.2, 0) is 9.84 Å². The molecule has 9 heteroatoms. The lowest BCUT2D eigenvalue weighted by Gasteiger charge is -2.21. The van der Waals surface area contributed by atoms with Crippen LogP contribution in [0.4, 0.5) is 5.69 Å². The smallest absolute Gasteiger partial charge is 0.271 e. The van der Waals surface area contributed by atoms with E-state index in [1.807, 2.05) is 0 Å². The fourth-order valence-corrected chi connectivity index (χ4v) is 5.50. The van der Waals surface area contributed by atoms with Crippen LogP contribution in [0.1, 0.15) is 12.8 Å². The molecule has 112 valence electrons. The minimum Gasteiger partial charge on any atom is -0.315 e. The maximum absolute atomic E-state index is 12.5. The van der Waals surface area contributed by atoms with E-state index in [4.69, 9.17) is 0 Å². The Balaban J connectivity index is 2.02. The summed E-state index contributed by atoms with van der Waals surface area (Å²) in [7, 11) is -3.48. The van der Waals surface area contributed by atoms with Gasteiger partial charge in [0.1, 0.15) is 0 Å². The van der Waals surface area contributed by atoms with Crippen molar-refractivity contribution in [3.63, 3.8) is 0 Å². The second kappa shape index (κ2) is 5.32. The maximum atomic E-state index is 12.5. The molecule has 21 heavy (non-hydrogen) atoms. The number of sulfone groups is 1. The lowest BCUT2D eigenvalue weighted by atomic mass is 10.2. The van der Waals surface area contributed by atoms with E-state index in [-0.39, 0.29) is 10.0 Å². The summed E-state index contributed by atoms with van der Waals surface area (Å²) in [5.74, 6) is 0. The molecule has 1 saturated heterocycles. The number of hydrogen-bond donors (Lipinski definition) is 1. The quantitative estimate of drug-likeness (QED) is 0.680. The number of piperidine rings is 1. The predicted octanol–water partition coefficient (Wildman–Crippen LogP) is 1.73. The van der Waals surface area contributed by atoms with E-state index in [0.717, 1.165) is 24.3 Å². The van der Waals surface area contributed by atoms with Crippen LogP contribution in [0.15, 0.2) is 22.5 Å². The summed E-state index contributed by atoms with van der Waals surface area (Å²) < 4.78 is 25.8. The molecule has 0 saturated carbocycles. The van der Waals surface area contributed by atoms with E-state index in [9.17, 15) is 18.5 Å². The zero-order valence-corrected chi connectivity index (χ0v) is 12.6.